The molecule has 0 aliphatic carbocycles. The van der Waals surface area contributed by atoms with Crippen molar-refractivity contribution in [3.8, 4) is 5.75 Å². The molecule has 3 nitrogen and oxygen atoms in total. The standard InChI is InChI=1S/C26H41NO2/c1-3-4-5-6-7-8-9-10-11-12-13-14-15-16-17-18-26(29)27-23(2)24-19-21-25(28)22-20-24/h7-8,10-11,19-23,28H,3-6,9,12-18H2,1-2H3,(H,27,29)/b8-7-,11-10-. The smallest absolute Gasteiger partial charge is 0.220 e. The Morgan fingerprint density at radius 1 is 0.897 bits per heavy atom. The first-order valence-electron chi connectivity index (χ1n) is 11.5. The zero-order valence-electron chi connectivity index (χ0n) is 18.5. The summed E-state index contributed by atoms with van der Waals surface area (Å²) in [7, 11) is 0. The minimum atomic E-state index is -0.0268. The minimum absolute atomic E-state index is 0.0268. The van der Waals surface area contributed by atoms with Crippen LogP contribution in [0.15, 0.2) is 48.6 Å². The van der Waals surface area contributed by atoms with E-state index >= 15 is 0 Å². The molecule has 29 heavy (non-hydrogen) atoms. The molecule has 1 atom stereocenters. The number of benzene rings is 1. The van der Waals surface area contributed by atoms with Crippen molar-refractivity contribution in [2.75, 3.05) is 0 Å². The SMILES string of the molecule is CCCCC/C=C\C/C=C\CCCCCCCC(=O)NC(C)c1ccc(O)cc1. The summed E-state index contributed by atoms with van der Waals surface area (Å²) < 4.78 is 0. The van der Waals surface area contributed by atoms with Gasteiger partial charge in [0, 0.05) is 6.42 Å². The molecular formula is C26H41NO2. The number of unbranched alkanes of at least 4 members (excludes halogenated alkanes) is 8. The normalized spacial score (nSPS) is 12.6. The summed E-state index contributed by atoms with van der Waals surface area (Å²) in [6, 6.07) is 6.97. The molecule has 162 valence electrons. The molecule has 0 spiro atoms. The number of amides is 1. The van der Waals surface area contributed by atoms with Gasteiger partial charge in [-0.3, -0.25) is 4.79 Å². The molecule has 0 bridgehead atoms. The quantitative estimate of drug-likeness (QED) is 0.225. The Labute approximate surface area is 178 Å². The summed E-state index contributed by atoms with van der Waals surface area (Å²) in [5, 5.41) is 12.4. The van der Waals surface area contributed by atoms with E-state index < -0.39 is 0 Å². The topological polar surface area (TPSA) is 49.3 Å². The molecule has 0 saturated carbocycles. The third-order valence-electron chi connectivity index (χ3n) is 5.13. The second-order valence-corrected chi connectivity index (χ2v) is 7.86. The van der Waals surface area contributed by atoms with Crippen molar-refractivity contribution in [2.24, 2.45) is 0 Å². The summed E-state index contributed by atoms with van der Waals surface area (Å²) in [4.78, 5) is 12.1. The van der Waals surface area contributed by atoms with Gasteiger partial charge in [-0.25, -0.2) is 0 Å². The average molecular weight is 400 g/mol. The number of hydrogen-bond donors (Lipinski definition) is 2. The highest BCUT2D eigenvalue weighted by atomic mass is 16.3. The number of aromatic hydroxyl groups is 1. The molecule has 1 unspecified atom stereocenters. The van der Waals surface area contributed by atoms with Crippen molar-refractivity contribution in [1.82, 2.24) is 5.32 Å². The number of phenols is 1. The predicted octanol–water partition coefficient (Wildman–Crippen LogP) is 7.38. The Morgan fingerprint density at radius 2 is 1.48 bits per heavy atom. The van der Waals surface area contributed by atoms with E-state index in [9.17, 15) is 9.90 Å². The molecule has 0 radical (unpaired) electrons. The van der Waals surface area contributed by atoms with Gasteiger partial charge in [0.05, 0.1) is 6.04 Å². The van der Waals surface area contributed by atoms with E-state index in [1.165, 1.54) is 44.9 Å². The predicted molar refractivity (Wildman–Crippen MR) is 124 cm³/mol. The van der Waals surface area contributed by atoms with Crippen LogP contribution in [-0.4, -0.2) is 11.0 Å². The van der Waals surface area contributed by atoms with E-state index in [-0.39, 0.29) is 17.7 Å². The first-order valence-corrected chi connectivity index (χ1v) is 11.5. The van der Waals surface area contributed by atoms with Crippen molar-refractivity contribution in [1.29, 1.82) is 0 Å². The van der Waals surface area contributed by atoms with Crippen molar-refractivity contribution in [2.45, 2.75) is 96.9 Å². The minimum Gasteiger partial charge on any atom is -0.508 e. The maximum Gasteiger partial charge on any atom is 0.220 e. The lowest BCUT2D eigenvalue weighted by atomic mass is 10.1. The summed E-state index contributed by atoms with van der Waals surface area (Å²) >= 11 is 0. The summed E-state index contributed by atoms with van der Waals surface area (Å²) in [6.07, 6.45) is 22.9. The highest BCUT2D eigenvalue weighted by Gasteiger charge is 2.09. The van der Waals surface area contributed by atoms with Gasteiger partial charge in [0.15, 0.2) is 0 Å². The fraction of sp³-hybridized carbons (Fsp3) is 0.577. The highest BCUT2D eigenvalue weighted by molar-refractivity contribution is 5.76. The Balaban J connectivity index is 1.95. The molecule has 1 amide bonds. The lowest BCUT2D eigenvalue weighted by Gasteiger charge is -2.14. The number of carbonyl (C=O) groups excluding carboxylic acids is 1. The van der Waals surface area contributed by atoms with E-state index in [4.69, 9.17) is 0 Å². The number of rotatable bonds is 16. The Hall–Kier alpha value is -2.03. The first kappa shape index (κ1) is 25.0. The summed E-state index contributed by atoms with van der Waals surface area (Å²) in [5.41, 5.74) is 1.01. The van der Waals surface area contributed by atoms with Crippen LogP contribution in [0.5, 0.6) is 5.75 Å². The molecule has 0 aliphatic rings. The molecule has 0 aliphatic heterocycles. The summed E-state index contributed by atoms with van der Waals surface area (Å²) in [5.74, 6) is 0.355. The van der Waals surface area contributed by atoms with Gasteiger partial charge in [0.2, 0.25) is 5.91 Å². The van der Waals surface area contributed by atoms with Crippen molar-refractivity contribution >= 4 is 5.91 Å². The van der Waals surface area contributed by atoms with Crippen LogP contribution in [-0.2, 0) is 4.79 Å². The molecular weight excluding hydrogens is 358 g/mol. The van der Waals surface area contributed by atoms with Crippen molar-refractivity contribution < 1.29 is 9.90 Å². The van der Waals surface area contributed by atoms with Crippen LogP contribution < -0.4 is 5.32 Å². The average Bonchev–Trinajstić information content (AvgIpc) is 2.71. The zero-order valence-corrected chi connectivity index (χ0v) is 18.5. The van der Waals surface area contributed by atoms with E-state index in [1.807, 2.05) is 19.1 Å². The third kappa shape index (κ3) is 13.7. The number of allylic oxidation sites excluding steroid dienone is 4. The third-order valence-corrected chi connectivity index (χ3v) is 5.13. The van der Waals surface area contributed by atoms with Gasteiger partial charge in [-0.2, -0.15) is 0 Å². The van der Waals surface area contributed by atoms with Gasteiger partial charge < -0.3 is 10.4 Å². The molecule has 1 aromatic rings. The van der Waals surface area contributed by atoms with E-state index in [2.05, 4.69) is 36.5 Å². The monoisotopic (exact) mass is 399 g/mol. The maximum absolute atomic E-state index is 12.1. The maximum atomic E-state index is 12.1. The lowest BCUT2D eigenvalue weighted by molar-refractivity contribution is -0.121. The largest absolute Gasteiger partial charge is 0.508 e. The van der Waals surface area contributed by atoms with Gasteiger partial charge in [0.1, 0.15) is 5.75 Å². The second kappa shape index (κ2) is 16.9. The zero-order chi connectivity index (χ0) is 21.2. The molecule has 0 heterocycles. The van der Waals surface area contributed by atoms with Crippen LogP contribution in [0.3, 0.4) is 0 Å². The number of phenolic OH excluding ortho intramolecular Hbond substituents is 1. The lowest BCUT2D eigenvalue weighted by Crippen LogP contribution is -2.26. The fourth-order valence-electron chi connectivity index (χ4n) is 3.26. The molecule has 0 aromatic heterocycles. The van der Waals surface area contributed by atoms with Gasteiger partial charge in [-0.05, 0) is 63.1 Å². The van der Waals surface area contributed by atoms with E-state index in [0.717, 1.165) is 31.2 Å². The molecule has 2 N–H and O–H groups in total. The van der Waals surface area contributed by atoms with Gasteiger partial charge >= 0.3 is 0 Å². The van der Waals surface area contributed by atoms with Crippen LogP contribution in [0.25, 0.3) is 0 Å². The Kier molecular flexibility index (Phi) is 14.6. The second-order valence-electron chi connectivity index (χ2n) is 7.86. The number of carbonyl (C=O) groups is 1. The number of nitrogens with one attached hydrogen (secondary N) is 1. The highest BCUT2D eigenvalue weighted by Crippen LogP contribution is 2.16. The first-order chi connectivity index (χ1) is 14.1. The van der Waals surface area contributed by atoms with Crippen LogP contribution in [0, 0.1) is 0 Å². The van der Waals surface area contributed by atoms with Gasteiger partial charge in [-0.15, -0.1) is 0 Å². The van der Waals surface area contributed by atoms with Crippen LogP contribution >= 0.6 is 0 Å². The van der Waals surface area contributed by atoms with Crippen LogP contribution in [0.2, 0.25) is 0 Å². The molecule has 1 rings (SSSR count). The van der Waals surface area contributed by atoms with Crippen molar-refractivity contribution in [3.05, 3.63) is 54.1 Å². The Morgan fingerprint density at radius 3 is 2.14 bits per heavy atom. The summed E-state index contributed by atoms with van der Waals surface area (Å²) in [6.45, 7) is 4.21. The Bertz CT molecular complexity index is 589. The fourth-order valence-corrected chi connectivity index (χ4v) is 3.26. The van der Waals surface area contributed by atoms with E-state index in [1.54, 1.807) is 12.1 Å². The molecule has 3 heteroatoms. The molecule has 0 saturated heterocycles. The van der Waals surface area contributed by atoms with Crippen LogP contribution in [0.4, 0.5) is 0 Å². The van der Waals surface area contributed by atoms with Crippen molar-refractivity contribution in [3.63, 3.8) is 0 Å². The van der Waals surface area contributed by atoms with Gasteiger partial charge in [-0.1, -0.05) is 75.5 Å². The molecule has 1 aromatic carbocycles. The van der Waals surface area contributed by atoms with E-state index in [0.29, 0.717) is 6.42 Å². The number of hydrogen-bond acceptors (Lipinski definition) is 2. The van der Waals surface area contributed by atoms with Crippen LogP contribution in [0.1, 0.15) is 103 Å². The molecule has 0 fully saturated rings. The van der Waals surface area contributed by atoms with Gasteiger partial charge in [0.25, 0.3) is 0 Å².